The lowest BCUT2D eigenvalue weighted by molar-refractivity contribution is -0.903. The SMILES string of the molecule is O=S(O)C1CC[NH+]1[O-]. The molecular formula is C3H7NO3S. The van der Waals surface area contributed by atoms with E-state index in [4.69, 9.17) is 4.55 Å². The summed E-state index contributed by atoms with van der Waals surface area (Å²) < 4.78 is 18.4. The summed E-state index contributed by atoms with van der Waals surface area (Å²) in [5, 5.41) is 9.68. The van der Waals surface area contributed by atoms with Crippen LogP contribution in [0.3, 0.4) is 0 Å². The minimum Gasteiger partial charge on any atom is -0.633 e. The number of hydroxylamine groups is 2. The third-order valence-corrected chi connectivity index (χ3v) is 2.24. The highest BCUT2D eigenvalue weighted by molar-refractivity contribution is 7.79. The molecule has 4 nitrogen and oxygen atoms in total. The summed E-state index contributed by atoms with van der Waals surface area (Å²) in [5.41, 5.74) is 0. The van der Waals surface area contributed by atoms with Crippen molar-refractivity contribution in [2.75, 3.05) is 6.54 Å². The summed E-state index contributed by atoms with van der Waals surface area (Å²) in [7, 11) is 0. The third-order valence-electron chi connectivity index (χ3n) is 1.26. The van der Waals surface area contributed by atoms with Crippen LogP contribution in [0.25, 0.3) is 0 Å². The van der Waals surface area contributed by atoms with Gasteiger partial charge in [0, 0.05) is 0 Å². The highest BCUT2D eigenvalue weighted by atomic mass is 32.2. The van der Waals surface area contributed by atoms with E-state index in [1.165, 1.54) is 0 Å². The average molecular weight is 137 g/mol. The fraction of sp³-hybridized carbons (Fsp3) is 1.00. The van der Waals surface area contributed by atoms with Gasteiger partial charge in [0.2, 0.25) is 11.1 Å². The molecule has 48 valence electrons. The Morgan fingerprint density at radius 2 is 2.50 bits per heavy atom. The first-order valence-electron chi connectivity index (χ1n) is 2.34. The second-order valence-corrected chi connectivity index (χ2v) is 2.89. The second kappa shape index (κ2) is 2.10. The van der Waals surface area contributed by atoms with E-state index in [9.17, 15) is 9.42 Å². The standard InChI is InChI=1S/C3H7NO3S/c5-4-2-1-3(4)8(6)7/h3-4H,1-2H2,(H,6,7). The minimum atomic E-state index is -1.90. The molecule has 0 spiro atoms. The molecule has 0 aromatic heterocycles. The van der Waals surface area contributed by atoms with Crippen molar-refractivity contribution in [3.8, 4) is 0 Å². The van der Waals surface area contributed by atoms with Crippen LogP contribution >= 0.6 is 0 Å². The molecule has 0 amide bonds. The number of hydrogen-bond donors (Lipinski definition) is 2. The highest BCUT2D eigenvalue weighted by Gasteiger charge is 2.31. The van der Waals surface area contributed by atoms with Crippen molar-refractivity contribution in [2.45, 2.75) is 11.8 Å². The minimum absolute atomic E-state index is 0.0779. The fourth-order valence-electron chi connectivity index (χ4n) is 0.593. The zero-order valence-corrected chi connectivity index (χ0v) is 4.98. The van der Waals surface area contributed by atoms with Crippen LogP contribution in [0, 0.1) is 5.21 Å². The van der Waals surface area contributed by atoms with Gasteiger partial charge in [0.15, 0.2) is 5.37 Å². The maximum Gasteiger partial charge on any atom is 0.213 e. The predicted octanol–water partition coefficient (Wildman–Crippen LogP) is -1.68. The van der Waals surface area contributed by atoms with Crippen LogP contribution in [0.4, 0.5) is 0 Å². The lowest BCUT2D eigenvalue weighted by Crippen LogP contribution is -3.18. The van der Waals surface area contributed by atoms with E-state index >= 15 is 0 Å². The summed E-state index contributed by atoms with van der Waals surface area (Å²) in [4.78, 5) is 0. The summed E-state index contributed by atoms with van der Waals surface area (Å²) in [5.74, 6) is 0. The Kier molecular flexibility index (Phi) is 1.62. The first-order chi connectivity index (χ1) is 3.72. The second-order valence-electron chi connectivity index (χ2n) is 1.77. The Labute approximate surface area is 49.3 Å². The van der Waals surface area contributed by atoms with E-state index in [0.29, 0.717) is 13.0 Å². The van der Waals surface area contributed by atoms with Gasteiger partial charge in [0.05, 0.1) is 13.0 Å². The van der Waals surface area contributed by atoms with Crippen LogP contribution in [0.1, 0.15) is 6.42 Å². The molecule has 0 aliphatic carbocycles. The molecule has 1 heterocycles. The van der Waals surface area contributed by atoms with Crippen LogP contribution < -0.4 is 5.06 Å². The molecule has 0 saturated carbocycles. The summed E-state index contributed by atoms with van der Waals surface area (Å²) >= 11 is -1.90. The first kappa shape index (κ1) is 6.15. The van der Waals surface area contributed by atoms with Gasteiger partial charge < -0.3 is 14.8 Å². The van der Waals surface area contributed by atoms with Gasteiger partial charge in [-0.3, -0.25) is 0 Å². The summed E-state index contributed by atoms with van der Waals surface area (Å²) in [6, 6.07) is 0. The van der Waals surface area contributed by atoms with Crippen molar-refractivity contribution in [3.63, 3.8) is 0 Å². The molecule has 8 heavy (non-hydrogen) atoms. The molecule has 1 rings (SSSR count). The van der Waals surface area contributed by atoms with Crippen molar-refractivity contribution < 1.29 is 13.8 Å². The molecule has 0 aromatic carbocycles. The quantitative estimate of drug-likeness (QED) is 0.335. The van der Waals surface area contributed by atoms with Crippen molar-refractivity contribution in [2.24, 2.45) is 0 Å². The largest absolute Gasteiger partial charge is 0.633 e. The van der Waals surface area contributed by atoms with Gasteiger partial charge in [0.25, 0.3) is 0 Å². The molecular weight excluding hydrogens is 130 g/mol. The molecule has 1 saturated heterocycles. The van der Waals surface area contributed by atoms with Crippen LogP contribution in [-0.4, -0.2) is 20.7 Å². The van der Waals surface area contributed by atoms with Gasteiger partial charge >= 0.3 is 0 Å². The van der Waals surface area contributed by atoms with E-state index in [1.54, 1.807) is 0 Å². The Hall–Kier alpha value is 0.0300. The molecule has 0 aromatic rings. The van der Waals surface area contributed by atoms with Crippen LogP contribution in [0.2, 0.25) is 0 Å². The van der Waals surface area contributed by atoms with Crippen LogP contribution in [0.15, 0.2) is 0 Å². The normalized spacial score (nSPS) is 40.8. The van der Waals surface area contributed by atoms with Crippen LogP contribution in [-0.2, 0) is 11.1 Å². The molecule has 1 aliphatic rings. The Morgan fingerprint density at radius 3 is 2.50 bits per heavy atom. The number of rotatable bonds is 1. The molecule has 3 atom stereocenters. The van der Waals surface area contributed by atoms with E-state index in [-0.39, 0.29) is 5.06 Å². The number of quaternary nitrogens is 1. The van der Waals surface area contributed by atoms with E-state index in [2.05, 4.69) is 0 Å². The van der Waals surface area contributed by atoms with E-state index in [0.717, 1.165) is 0 Å². The molecule has 5 heteroatoms. The van der Waals surface area contributed by atoms with Gasteiger partial charge in [-0.1, -0.05) is 0 Å². The maximum absolute atomic E-state index is 10.3. The molecule has 0 bridgehead atoms. The number of nitrogens with one attached hydrogen (secondary N) is 1. The predicted molar refractivity (Wildman–Crippen MR) is 28.4 cm³/mol. The molecule has 3 unspecified atom stereocenters. The number of hydrogen-bond acceptors (Lipinski definition) is 2. The van der Waals surface area contributed by atoms with Crippen molar-refractivity contribution in [3.05, 3.63) is 5.21 Å². The molecule has 0 radical (unpaired) electrons. The average Bonchev–Trinajstić information content (AvgIpc) is 1.61. The first-order valence-corrected chi connectivity index (χ1v) is 3.51. The van der Waals surface area contributed by atoms with Gasteiger partial charge in [0.1, 0.15) is 0 Å². The van der Waals surface area contributed by atoms with Gasteiger partial charge in [-0.05, 0) is 0 Å². The zero-order chi connectivity index (χ0) is 6.15. The summed E-state index contributed by atoms with van der Waals surface area (Å²) in [6.45, 7) is 0.483. The molecule has 2 N–H and O–H groups in total. The Morgan fingerprint density at radius 1 is 1.88 bits per heavy atom. The van der Waals surface area contributed by atoms with Gasteiger partial charge in [-0.15, -0.1) is 0 Å². The third kappa shape index (κ3) is 0.899. The van der Waals surface area contributed by atoms with E-state index < -0.39 is 16.5 Å². The summed E-state index contributed by atoms with van der Waals surface area (Å²) in [6.07, 6.45) is 0.585. The van der Waals surface area contributed by atoms with Gasteiger partial charge in [-0.25, -0.2) is 4.21 Å². The Bertz CT molecular complexity index is 117. The highest BCUT2D eigenvalue weighted by Crippen LogP contribution is 1.96. The Balaban J connectivity index is 2.37. The smallest absolute Gasteiger partial charge is 0.213 e. The topological polar surface area (TPSA) is 64.8 Å². The zero-order valence-electron chi connectivity index (χ0n) is 4.16. The van der Waals surface area contributed by atoms with Crippen molar-refractivity contribution in [1.82, 2.24) is 0 Å². The fourth-order valence-corrected chi connectivity index (χ4v) is 1.26. The lowest BCUT2D eigenvalue weighted by Gasteiger charge is -2.37. The maximum atomic E-state index is 10.3. The monoisotopic (exact) mass is 137 g/mol. The molecule has 1 aliphatic heterocycles. The van der Waals surface area contributed by atoms with Crippen LogP contribution in [0.5, 0.6) is 0 Å². The van der Waals surface area contributed by atoms with Crippen molar-refractivity contribution in [1.29, 1.82) is 0 Å². The van der Waals surface area contributed by atoms with E-state index in [1.807, 2.05) is 0 Å². The molecule has 1 fully saturated rings. The van der Waals surface area contributed by atoms with Gasteiger partial charge in [-0.2, -0.15) is 0 Å². The lowest BCUT2D eigenvalue weighted by atomic mass is 10.3. The van der Waals surface area contributed by atoms with Crippen molar-refractivity contribution >= 4 is 11.1 Å².